The van der Waals surface area contributed by atoms with Gasteiger partial charge in [-0.25, -0.2) is 0 Å². The third-order valence-electron chi connectivity index (χ3n) is 4.65. The molecule has 2 atom stereocenters. The van der Waals surface area contributed by atoms with Gasteiger partial charge in [0.05, 0.1) is 19.3 Å². The van der Waals surface area contributed by atoms with Crippen LogP contribution < -0.4 is 10.6 Å². The number of hydrogen-bond acceptors (Lipinski definition) is 5. The minimum absolute atomic E-state index is 0.117. The maximum absolute atomic E-state index is 12.2. The molecule has 6 nitrogen and oxygen atoms in total. The van der Waals surface area contributed by atoms with Crippen LogP contribution in [0.1, 0.15) is 26.7 Å². The van der Waals surface area contributed by atoms with Crippen LogP contribution in [-0.2, 0) is 9.53 Å². The second kappa shape index (κ2) is 9.57. The molecule has 0 aromatic heterocycles. The minimum Gasteiger partial charge on any atom is -0.374 e. The van der Waals surface area contributed by atoms with E-state index in [4.69, 9.17) is 4.74 Å². The molecule has 2 rings (SSSR count). The number of morpholine rings is 1. The van der Waals surface area contributed by atoms with Gasteiger partial charge in [-0.1, -0.05) is 13.8 Å². The fourth-order valence-electron chi connectivity index (χ4n) is 3.51. The van der Waals surface area contributed by atoms with Crippen molar-refractivity contribution >= 4 is 5.91 Å². The van der Waals surface area contributed by atoms with Crippen molar-refractivity contribution in [3.63, 3.8) is 0 Å². The number of likely N-dealkylation sites (tertiary alicyclic amines) is 1. The summed E-state index contributed by atoms with van der Waals surface area (Å²) < 4.78 is 5.78. The number of carbonyl (C=O) groups is 1. The molecule has 0 aromatic rings. The molecule has 0 spiro atoms. The number of rotatable bonds is 7. The maximum atomic E-state index is 12.2. The number of ether oxygens (including phenoxy) is 1. The molecule has 134 valence electrons. The summed E-state index contributed by atoms with van der Waals surface area (Å²) in [5.41, 5.74) is 0. The second-order valence-corrected chi connectivity index (χ2v) is 7.31. The van der Waals surface area contributed by atoms with Gasteiger partial charge in [0.1, 0.15) is 0 Å². The smallest absolute Gasteiger partial charge is 0.234 e. The number of hydrogen-bond donors (Lipinski definition) is 2. The standard InChI is InChI=1S/C17H34N4O2/c1-14(2)10-21-7-8-23-16(12-21)9-19-17(22)13-20-6-4-5-15(11-20)18-3/h14-16,18H,4-13H2,1-3H3,(H,19,22). The first-order chi connectivity index (χ1) is 11.1. The third-order valence-corrected chi connectivity index (χ3v) is 4.65. The predicted octanol–water partition coefficient (Wildman–Crippen LogP) is 0.143. The van der Waals surface area contributed by atoms with Gasteiger partial charge < -0.3 is 15.4 Å². The molecule has 1 amide bonds. The van der Waals surface area contributed by atoms with Gasteiger partial charge >= 0.3 is 0 Å². The third kappa shape index (κ3) is 6.75. The number of nitrogens with zero attached hydrogens (tertiary/aromatic N) is 2. The van der Waals surface area contributed by atoms with Gasteiger partial charge in [-0.2, -0.15) is 0 Å². The highest BCUT2D eigenvalue weighted by Crippen LogP contribution is 2.09. The van der Waals surface area contributed by atoms with Crippen molar-refractivity contribution in [2.75, 3.05) is 59.5 Å². The fraction of sp³-hybridized carbons (Fsp3) is 0.941. The Morgan fingerprint density at radius 3 is 2.83 bits per heavy atom. The maximum Gasteiger partial charge on any atom is 0.234 e. The van der Waals surface area contributed by atoms with Gasteiger partial charge in [0.15, 0.2) is 0 Å². The van der Waals surface area contributed by atoms with E-state index in [1.54, 1.807) is 0 Å². The van der Waals surface area contributed by atoms with Gasteiger partial charge in [-0.3, -0.25) is 14.6 Å². The molecule has 0 saturated carbocycles. The molecule has 2 unspecified atom stereocenters. The van der Waals surface area contributed by atoms with E-state index in [0.717, 1.165) is 45.8 Å². The zero-order valence-corrected chi connectivity index (χ0v) is 15.0. The number of piperidine rings is 1. The molecular formula is C17H34N4O2. The van der Waals surface area contributed by atoms with Crippen molar-refractivity contribution < 1.29 is 9.53 Å². The lowest BCUT2D eigenvalue weighted by Crippen LogP contribution is -2.51. The lowest BCUT2D eigenvalue weighted by Gasteiger charge is -2.34. The molecule has 2 heterocycles. The van der Waals surface area contributed by atoms with Crippen molar-refractivity contribution in [1.29, 1.82) is 0 Å². The molecule has 2 aliphatic heterocycles. The van der Waals surface area contributed by atoms with Gasteiger partial charge in [0, 0.05) is 38.8 Å². The highest BCUT2D eigenvalue weighted by atomic mass is 16.5. The Morgan fingerprint density at radius 1 is 1.26 bits per heavy atom. The highest BCUT2D eigenvalue weighted by molar-refractivity contribution is 5.78. The molecule has 2 fully saturated rings. The van der Waals surface area contributed by atoms with E-state index in [0.29, 0.717) is 25.0 Å². The first kappa shape index (κ1) is 18.6. The normalized spacial score (nSPS) is 27.3. The summed E-state index contributed by atoms with van der Waals surface area (Å²) in [6.45, 7) is 11.4. The van der Waals surface area contributed by atoms with Crippen molar-refractivity contribution in [2.45, 2.75) is 38.8 Å². The lowest BCUT2D eigenvalue weighted by atomic mass is 10.1. The Hall–Kier alpha value is -0.690. The van der Waals surface area contributed by atoms with Gasteiger partial charge in [-0.05, 0) is 32.4 Å². The van der Waals surface area contributed by atoms with Crippen molar-refractivity contribution in [3.05, 3.63) is 0 Å². The average Bonchev–Trinajstić information content (AvgIpc) is 2.53. The van der Waals surface area contributed by atoms with E-state index in [2.05, 4.69) is 34.3 Å². The molecule has 23 heavy (non-hydrogen) atoms. The summed E-state index contributed by atoms with van der Waals surface area (Å²) in [4.78, 5) is 16.8. The zero-order valence-electron chi connectivity index (χ0n) is 15.0. The summed E-state index contributed by atoms with van der Waals surface area (Å²) in [7, 11) is 2.00. The molecule has 2 aliphatic rings. The molecular weight excluding hydrogens is 292 g/mol. The predicted molar refractivity (Wildman–Crippen MR) is 92.5 cm³/mol. The largest absolute Gasteiger partial charge is 0.374 e. The molecule has 2 N–H and O–H groups in total. The number of carbonyl (C=O) groups excluding carboxylic acids is 1. The quantitative estimate of drug-likeness (QED) is 0.697. The van der Waals surface area contributed by atoms with Crippen molar-refractivity contribution in [2.24, 2.45) is 5.92 Å². The van der Waals surface area contributed by atoms with Crippen LogP contribution in [0.2, 0.25) is 0 Å². The van der Waals surface area contributed by atoms with Gasteiger partial charge in [-0.15, -0.1) is 0 Å². The number of likely N-dealkylation sites (N-methyl/N-ethyl adjacent to an activating group) is 1. The monoisotopic (exact) mass is 326 g/mol. The molecule has 0 aliphatic carbocycles. The summed E-state index contributed by atoms with van der Waals surface area (Å²) in [5.74, 6) is 0.786. The Kier molecular flexibility index (Phi) is 7.76. The van der Waals surface area contributed by atoms with Crippen LogP contribution >= 0.6 is 0 Å². The van der Waals surface area contributed by atoms with Crippen molar-refractivity contribution in [1.82, 2.24) is 20.4 Å². The summed E-state index contributed by atoms with van der Waals surface area (Å²) >= 11 is 0. The second-order valence-electron chi connectivity index (χ2n) is 7.31. The molecule has 0 bridgehead atoms. The summed E-state index contributed by atoms with van der Waals surface area (Å²) in [5, 5.41) is 6.37. The Labute approximate surface area is 140 Å². The van der Waals surface area contributed by atoms with E-state index in [-0.39, 0.29) is 12.0 Å². The molecule has 6 heteroatoms. The highest BCUT2D eigenvalue weighted by Gasteiger charge is 2.23. The van der Waals surface area contributed by atoms with Gasteiger partial charge in [0.2, 0.25) is 5.91 Å². The van der Waals surface area contributed by atoms with Crippen LogP contribution in [0.5, 0.6) is 0 Å². The average molecular weight is 326 g/mol. The minimum atomic E-state index is 0.117. The molecule has 2 saturated heterocycles. The van der Waals surface area contributed by atoms with E-state index in [9.17, 15) is 4.79 Å². The van der Waals surface area contributed by atoms with Gasteiger partial charge in [0.25, 0.3) is 0 Å². The SMILES string of the molecule is CNC1CCCN(CC(=O)NCC2CN(CC(C)C)CCO2)C1. The summed E-state index contributed by atoms with van der Waals surface area (Å²) in [6.07, 6.45) is 2.49. The Balaban J connectivity index is 1.65. The van der Waals surface area contributed by atoms with Crippen LogP contribution in [-0.4, -0.2) is 87.3 Å². The topological polar surface area (TPSA) is 56.8 Å². The van der Waals surface area contributed by atoms with Crippen LogP contribution in [0, 0.1) is 5.92 Å². The molecule has 0 aromatic carbocycles. The van der Waals surface area contributed by atoms with Crippen LogP contribution in [0.15, 0.2) is 0 Å². The number of nitrogens with one attached hydrogen (secondary N) is 2. The first-order valence-electron chi connectivity index (χ1n) is 9.07. The van der Waals surface area contributed by atoms with Crippen LogP contribution in [0.3, 0.4) is 0 Å². The number of amides is 1. The summed E-state index contributed by atoms with van der Waals surface area (Å²) in [6, 6.07) is 0.516. The van der Waals surface area contributed by atoms with Crippen molar-refractivity contribution in [3.8, 4) is 0 Å². The van der Waals surface area contributed by atoms with E-state index in [1.165, 1.54) is 6.42 Å². The zero-order chi connectivity index (χ0) is 16.7. The van der Waals surface area contributed by atoms with E-state index < -0.39 is 0 Å². The Bertz CT molecular complexity index is 365. The van der Waals surface area contributed by atoms with E-state index in [1.807, 2.05) is 7.05 Å². The van der Waals surface area contributed by atoms with Crippen LogP contribution in [0.25, 0.3) is 0 Å². The Morgan fingerprint density at radius 2 is 2.09 bits per heavy atom. The fourth-order valence-corrected chi connectivity index (χ4v) is 3.51. The lowest BCUT2D eigenvalue weighted by molar-refractivity contribution is -0.123. The van der Waals surface area contributed by atoms with Crippen LogP contribution in [0.4, 0.5) is 0 Å². The molecule has 0 radical (unpaired) electrons. The van der Waals surface area contributed by atoms with E-state index >= 15 is 0 Å². The first-order valence-corrected chi connectivity index (χ1v) is 9.07.